The van der Waals surface area contributed by atoms with E-state index in [9.17, 15) is 0 Å². The third kappa shape index (κ3) is 2.82. The van der Waals surface area contributed by atoms with Crippen LogP contribution >= 0.6 is 11.6 Å². The standard InChI is InChI=1S/C21H21BClNO2/c1-20(2)21(3,4)26-22(25-20)18-13-15(23)10-11-16(18)17-9-5-7-14-8-6-12-24-19(14)17/h5-13H,1-4H3. The topological polar surface area (TPSA) is 31.4 Å². The van der Waals surface area contributed by atoms with E-state index in [2.05, 4.69) is 50.9 Å². The molecule has 5 heteroatoms. The number of rotatable bonds is 2. The van der Waals surface area contributed by atoms with Gasteiger partial charge >= 0.3 is 7.12 Å². The Hall–Kier alpha value is -1.88. The van der Waals surface area contributed by atoms with E-state index in [-0.39, 0.29) is 0 Å². The van der Waals surface area contributed by atoms with Crippen LogP contribution in [0.2, 0.25) is 5.02 Å². The Bertz CT molecular complexity index is 965. The average molecular weight is 366 g/mol. The van der Waals surface area contributed by atoms with Gasteiger partial charge in [-0.1, -0.05) is 41.9 Å². The van der Waals surface area contributed by atoms with Crippen LogP contribution in [0.1, 0.15) is 27.7 Å². The summed E-state index contributed by atoms with van der Waals surface area (Å²) in [6.07, 6.45) is 1.82. The molecule has 0 aliphatic carbocycles. The molecule has 1 saturated heterocycles. The second kappa shape index (κ2) is 6.09. The molecule has 0 atom stereocenters. The molecule has 0 bridgehead atoms. The first-order valence-corrected chi connectivity index (χ1v) is 9.15. The lowest BCUT2D eigenvalue weighted by molar-refractivity contribution is 0.00578. The van der Waals surface area contributed by atoms with Crippen molar-refractivity contribution in [3.63, 3.8) is 0 Å². The van der Waals surface area contributed by atoms with Gasteiger partial charge in [0.1, 0.15) is 0 Å². The maximum Gasteiger partial charge on any atom is 0.495 e. The molecule has 0 saturated carbocycles. The largest absolute Gasteiger partial charge is 0.495 e. The van der Waals surface area contributed by atoms with Crippen LogP contribution in [-0.4, -0.2) is 23.3 Å². The van der Waals surface area contributed by atoms with E-state index in [0.29, 0.717) is 5.02 Å². The molecular formula is C21H21BClNO2. The zero-order valence-corrected chi connectivity index (χ0v) is 16.2. The summed E-state index contributed by atoms with van der Waals surface area (Å²) in [5, 5.41) is 1.76. The third-order valence-electron chi connectivity index (χ3n) is 5.44. The Balaban J connectivity index is 1.89. The van der Waals surface area contributed by atoms with Crippen molar-refractivity contribution in [3.05, 3.63) is 59.8 Å². The summed E-state index contributed by atoms with van der Waals surface area (Å²) >= 11 is 6.32. The van der Waals surface area contributed by atoms with E-state index in [1.54, 1.807) is 0 Å². The molecule has 0 N–H and O–H groups in total. The van der Waals surface area contributed by atoms with Crippen molar-refractivity contribution in [1.29, 1.82) is 0 Å². The van der Waals surface area contributed by atoms with Crippen molar-refractivity contribution in [3.8, 4) is 11.1 Å². The summed E-state index contributed by atoms with van der Waals surface area (Å²) in [6, 6.07) is 16.0. The molecule has 4 rings (SSSR count). The van der Waals surface area contributed by atoms with Crippen LogP contribution in [0.4, 0.5) is 0 Å². The minimum atomic E-state index is -0.479. The van der Waals surface area contributed by atoms with Gasteiger partial charge in [0, 0.05) is 22.2 Å². The molecule has 1 aromatic heterocycles. The van der Waals surface area contributed by atoms with Crippen molar-refractivity contribution in [2.75, 3.05) is 0 Å². The zero-order chi connectivity index (χ0) is 18.5. The number of hydrogen-bond donors (Lipinski definition) is 0. The van der Waals surface area contributed by atoms with Crippen molar-refractivity contribution in [1.82, 2.24) is 4.98 Å². The van der Waals surface area contributed by atoms with Gasteiger partial charge in [0.2, 0.25) is 0 Å². The van der Waals surface area contributed by atoms with Crippen LogP contribution in [0.15, 0.2) is 54.7 Å². The van der Waals surface area contributed by atoms with Gasteiger partial charge in [0.25, 0.3) is 0 Å². The first-order valence-electron chi connectivity index (χ1n) is 8.78. The maximum absolute atomic E-state index is 6.32. The molecule has 0 amide bonds. The Morgan fingerprint density at radius 3 is 2.31 bits per heavy atom. The fourth-order valence-corrected chi connectivity index (χ4v) is 3.45. The smallest absolute Gasteiger partial charge is 0.399 e. The van der Waals surface area contributed by atoms with E-state index in [0.717, 1.165) is 27.5 Å². The highest BCUT2D eigenvalue weighted by atomic mass is 35.5. The summed E-state index contributed by atoms with van der Waals surface area (Å²) in [4.78, 5) is 4.59. The molecule has 2 aromatic carbocycles. The predicted molar refractivity (Wildman–Crippen MR) is 108 cm³/mol. The van der Waals surface area contributed by atoms with Gasteiger partial charge in [0.05, 0.1) is 16.7 Å². The second-order valence-corrected chi connectivity index (χ2v) is 8.14. The Kier molecular flexibility index (Phi) is 4.10. The van der Waals surface area contributed by atoms with E-state index in [1.165, 1.54) is 0 Å². The van der Waals surface area contributed by atoms with E-state index in [1.807, 2.05) is 36.5 Å². The minimum absolute atomic E-state index is 0.408. The molecule has 2 heterocycles. The van der Waals surface area contributed by atoms with Gasteiger partial charge in [-0.3, -0.25) is 4.98 Å². The summed E-state index contributed by atoms with van der Waals surface area (Å²) < 4.78 is 12.6. The second-order valence-electron chi connectivity index (χ2n) is 7.70. The molecule has 3 nitrogen and oxygen atoms in total. The fourth-order valence-electron chi connectivity index (χ4n) is 3.27. The van der Waals surface area contributed by atoms with E-state index >= 15 is 0 Å². The fraction of sp³-hybridized carbons (Fsp3) is 0.286. The van der Waals surface area contributed by atoms with Gasteiger partial charge in [-0.25, -0.2) is 0 Å². The normalized spacial score (nSPS) is 18.4. The molecule has 1 aliphatic rings. The van der Waals surface area contributed by atoms with Gasteiger partial charge < -0.3 is 9.31 Å². The lowest BCUT2D eigenvalue weighted by Gasteiger charge is -2.32. The summed E-state index contributed by atoms with van der Waals surface area (Å²) in [7, 11) is -0.479. The summed E-state index contributed by atoms with van der Waals surface area (Å²) in [5.41, 5.74) is 3.13. The highest BCUT2D eigenvalue weighted by molar-refractivity contribution is 6.64. The van der Waals surface area contributed by atoms with Crippen LogP contribution in [0, 0.1) is 0 Å². The number of nitrogens with zero attached hydrogens (tertiary/aromatic N) is 1. The Morgan fingerprint density at radius 1 is 0.885 bits per heavy atom. The number of aromatic nitrogens is 1. The van der Waals surface area contributed by atoms with Gasteiger partial charge in [-0.2, -0.15) is 0 Å². The monoisotopic (exact) mass is 365 g/mol. The van der Waals surface area contributed by atoms with Gasteiger partial charge in [0.15, 0.2) is 0 Å². The number of hydrogen-bond acceptors (Lipinski definition) is 3. The van der Waals surface area contributed by atoms with Crippen molar-refractivity contribution >= 4 is 35.1 Å². The summed E-state index contributed by atoms with van der Waals surface area (Å²) in [5.74, 6) is 0. The molecular weight excluding hydrogens is 345 g/mol. The molecule has 3 aromatic rings. The minimum Gasteiger partial charge on any atom is -0.399 e. The number of fused-ring (bicyclic) bond motifs is 1. The SMILES string of the molecule is CC1(C)OB(c2cc(Cl)ccc2-c2cccc3cccnc23)OC1(C)C. The number of benzene rings is 2. The first-order chi connectivity index (χ1) is 12.3. The number of halogens is 1. The van der Waals surface area contributed by atoms with Gasteiger partial charge in [-0.15, -0.1) is 0 Å². The molecule has 1 fully saturated rings. The van der Waals surface area contributed by atoms with Crippen LogP contribution in [0.5, 0.6) is 0 Å². The van der Waals surface area contributed by atoms with Crippen LogP contribution < -0.4 is 5.46 Å². The van der Waals surface area contributed by atoms with E-state index in [4.69, 9.17) is 20.9 Å². The number of pyridine rings is 1. The average Bonchev–Trinajstić information content (AvgIpc) is 2.82. The maximum atomic E-state index is 6.32. The molecule has 26 heavy (non-hydrogen) atoms. The lowest BCUT2D eigenvalue weighted by Crippen LogP contribution is -2.41. The molecule has 1 aliphatic heterocycles. The quantitative estimate of drug-likeness (QED) is 0.608. The molecule has 0 spiro atoms. The highest BCUT2D eigenvalue weighted by Crippen LogP contribution is 2.38. The van der Waals surface area contributed by atoms with Crippen molar-refractivity contribution in [2.24, 2.45) is 0 Å². The van der Waals surface area contributed by atoms with E-state index < -0.39 is 18.3 Å². The first kappa shape index (κ1) is 17.5. The van der Waals surface area contributed by atoms with Gasteiger partial charge in [-0.05, 0) is 56.9 Å². The predicted octanol–water partition coefficient (Wildman–Crippen LogP) is 4.85. The highest BCUT2D eigenvalue weighted by Gasteiger charge is 2.52. The van der Waals surface area contributed by atoms with Crippen LogP contribution in [-0.2, 0) is 9.31 Å². The molecule has 0 radical (unpaired) electrons. The van der Waals surface area contributed by atoms with Crippen LogP contribution in [0.25, 0.3) is 22.0 Å². The van der Waals surface area contributed by atoms with Crippen molar-refractivity contribution < 1.29 is 9.31 Å². The molecule has 0 unspecified atom stereocenters. The lowest BCUT2D eigenvalue weighted by atomic mass is 9.74. The Morgan fingerprint density at radius 2 is 1.58 bits per heavy atom. The van der Waals surface area contributed by atoms with Crippen LogP contribution in [0.3, 0.4) is 0 Å². The third-order valence-corrected chi connectivity index (χ3v) is 5.68. The summed E-state index contributed by atoms with van der Waals surface area (Å²) in [6.45, 7) is 8.21. The number of para-hydroxylation sites is 1. The Labute approximate surface area is 159 Å². The van der Waals surface area contributed by atoms with Crippen molar-refractivity contribution in [2.45, 2.75) is 38.9 Å². The molecule has 132 valence electrons. The zero-order valence-electron chi connectivity index (χ0n) is 15.4.